The molecule has 1 aliphatic rings. The van der Waals surface area contributed by atoms with Gasteiger partial charge in [0.2, 0.25) is 0 Å². The van der Waals surface area contributed by atoms with Crippen LogP contribution in [0.5, 0.6) is 0 Å². The Kier molecular flexibility index (Phi) is 3.18. The molecule has 1 fully saturated rings. The zero-order chi connectivity index (χ0) is 10.3. The van der Waals surface area contributed by atoms with Crippen molar-refractivity contribution in [3.05, 3.63) is 0 Å². The summed E-state index contributed by atoms with van der Waals surface area (Å²) in [7, 11) is -11.9. The second kappa shape index (κ2) is 3.57. The van der Waals surface area contributed by atoms with E-state index in [1.54, 1.807) is 0 Å². The van der Waals surface area contributed by atoms with E-state index in [2.05, 4.69) is 13.1 Å². The Bertz CT molecular complexity index is 321. The molecule has 0 saturated carbocycles. The minimum atomic E-state index is -4.75. The third-order valence-corrected chi connectivity index (χ3v) is 5.79. The van der Waals surface area contributed by atoms with Crippen LogP contribution in [0.15, 0.2) is 0 Å². The molecule has 1 heterocycles. The second-order valence-electron chi connectivity index (χ2n) is 2.15. The minimum Gasteiger partial charge on any atom is -0.326 e. The predicted molar refractivity (Wildman–Crippen MR) is 41.4 cm³/mol. The zero-order valence-corrected chi connectivity index (χ0v) is 9.10. The standard InChI is InChI=1S/C2H7O8P3/c1-2-8-12(2,5)10-13(6,7)9-11(3)4/h2,11H,1H3,(H,3,4)(H,6,7). The van der Waals surface area contributed by atoms with Crippen LogP contribution in [-0.4, -0.2) is 15.6 Å². The van der Waals surface area contributed by atoms with Crippen LogP contribution in [0.3, 0.4) is 0 Å². The SMILES string of the molecule is CC1OP1(=O)OP(=O)(O)O[PH](=O)O. The molecular weight excluding hydrogens is 245 g/mol. The lowest BCUT2D eigenvalue weighted by molar-refractivity contribution is 0.278. The highest BCUT2D eigenvalue weighted by Crippen LogP contribution is 2.77. The largest absolute Gasteiger partial charge is 0.486 e. The first-order valence-electron chi connectivity index (χ1n) is 3.00. The van der Waals surface area contributed by atoms with E-state index in [1.807, 2.05) is 0 Å². The molecule has 1 rings (SSSR count). The quantitative estimate of drug-likeness (QED) is 0.562. The molecule has 0 amide bonds. The maximum absolute atomic E-state index is 11.0. The minimum absolute atomic E-state index is 0.780. The molecule has 13 heavy (non-hydrogen) atoms. The Balaban J connectivity index is 2.58. The summed E-state index contributed by atoms with van der Waals surface area (Å²) < 4.78 is 43.9. The molecule has 8 nitrogen and oxygen atoms in total. The Morgan fingerprint density at radius 3 is 2.46 bits per heavy atom. The van der Waals surface area contributed by atoms with Gasteiger partial charge < -0.3 is 9.79 Å². The van der Waals surface area contributed by atoms with Crippen molar-refractivity contribution in [3.63, 3.8) is 0 Å². The molecule has 1 saturated heterocycles. The summed E-state index contributed by atoms with van der Waals surface area (Å²) in [6, 6.07) is 0. The molecule has 4 unspecified atom stereocenters. The Hall–Kier alpha value is 0.490. The van der Waals surface area contributed by atoms with Gasteiger partial charge in [-0.15, -0.1) is 0 Å². The molecule has 0 aromatic carbocycles. The van der Waals surface area contributed by atoms with E-state index in [1.165, 1.54) is 6.92 Å². The molecule has 78 valence electrons. The van der Waals surface area contributed by atoms with Crippen LogP contribution in [0.25, 0.3) is 0 Å². The summed E-state index contributed by atoms with van der Waals surface area (Å²) in [4.78, 5) is 16.9. The van der Waals surface area contributed by atoms with E-state index in [9.17, 15) is 13.7 Å². The lowest BCUT2D eigenvalue weighted by Crippen LogP contribution is -1.83. The van der Waals surface area contributed by atoms with Gasteiger partial charge in [-0.2, -0.15) is 0 Å². The van der Waals surface area contributed by atoms with E-state index in [0.717, 1.165) is 0 Å². The van der Waals surface area contributed by atoms with E-state index >= 15 is 0 Å². The van der Waals surface area contributed by atoms with Crippen LogP contribution in [0, 0.1) is 0 Å². The van der Waals surface area contributed by atoms with E-state index in [-0.39, 0.29) is 0 Å². The van der Waals surface area contributed by atoms with Crippen molar-refractivity contribution in [2.24, 2.45) is 0 Å². The molecule has 4 atom stereocenters. The first kappa shape index (κ1) is 11.6. The van der Waals surface area contributed by atoms with Crippen molar-refractivity contribution >= 4 is 23.7 Å². The Morgan fingerprint density at radius 1 is 1.69 bits per heavy atom. The second-order valence-corrected chi connectivity index (χ2v) is 7.02. The van der Waals surface area contributed by atoms with Crippen LogP contribution in [0.1, 0.15) is 6.92 Å². The van der Waals surface area contributed by atoms with Crippen LogP contribution >= 0.6 is 23.7 Å². The van der Waals surface area contributed by atoms with Gasteiger partial charge in [-0.25, -0.2) is 13.2 Å². The predicted octanol–water partition coefficient (Wildman–Crippen LogP) is 1.07. The highest BCUT2D eigenvalue weighted by Gasteiger charge is 2.56. The van der Waals surface area contributed by atoms with Gasteiger partial charge in [0.05, 0.1) is 0 Å². The zero-order valence-electron chi connectivity index (χ0n) is 6.32. The third-order valence-electron chi connectivity index (χ3n) is 1.11. The molecule has 0 aliphatic carbocycles. The van der Waals surface area contributed by atoms with Crippen LogP contribution in [0.2, 0.25) is 0 Å². The van der Waals surface area contributed by atoms with Crippen molar-refractivity contribution in [2.75, 3.05) is 0 Å². The van der Waals surface area contributed by atoms with Crippen molar-refractivity contribution < 1.29 is 36.6 Å². The molecular formula is C2H7O8P3. The van der Waals surface area contributed by atoms with Crippen molar-refractivity contribution in [2.45, 2.75) is 12.8 Å². The average molecular weight is 252 g/mol. The van der Waals surface area contributed by atoms with Gasteiger partial charge >= 0.3 is 23.7 Å². The summed E-state index contributed by atoms with van der Waals surface area (Å²) in [6.07, 6.45) is 0. The van der Waals surface area contributed by atoms with Crippen LogP contribution in [-0.2, 0) is 26.8 Å². The summed E-state index contributed by atoms with van der Waals surface area (Å²) in [5.74, 6) is -0.780. The van der Waals surface area contributed by atoms with Gasteiger partial charge in [0.15, 0.2) is 5.85 Å². The molecule has 0 aromatic heterocycles. The molecule has 11 heteroatoms. The molecule has 2 N–H and O–H groups in total. The number of hydrogen-bond donors (Lipinski definition) is 2. The van der Waals surface area contributed by atoms with E-state index < -0.39 is 29.5 Å². The smallest absolute Gasteiger partial charge is 0.326 e. The fraction of sp³-hybridized carbons (Fsp3) is 1.00. The molecule has 0 bridgehead atoms. The van der Waals surface area contributed by atoms with Gasteiger partial charge in [0.1, 0.15) is 0 Å². The average Bonchev–Trinajstić information content (AvgIpc) is 2.31. The van der Waals surface area contributed by atoms with Crippen LogP contribution in [0.4, 0.5) is 0 Å². The first-order valence-corrected chi connectivity index (χ1v) is 7.37. The first-order chi connectivity index (χ1) is 5.75. The molecule has 1 aliphatic heterocycles. The highest BCUT2D eigenvalue weighted by molar-refractivity contribution is 7.70. The van der Waals surface area contributed by atoms with Gasteiger partial charge in [0.25, 0.3) is 0 Å². The van der Waals surface area contributed by atoms with Crippen molar-refractivity contribution in [1.29, 1.82) is 0 Å². The lowest BCUT2D eigenvalue weighted by Gasteiger charge is -2.06. The van der Waals surface area contributed by atoms with Gasteiger partial charge in [-0.3, -0.25) is 13.7 Å². The van der Waals surface area contributed by atoms with Crippen LogP contribution < -0.4 is 0 Å². The Labute approximate surface area is 73.9 Å². The number of phosphoric acid groups is 1. The summed E-state index contributed by atoms with van der Waals surface area (Å²) >= 11 is 0. The fourth-order valence-electron chi connectivity index (χ4n) is 0.530. The third kappa shape index (κ3) is 3.27. The molecule has 0 radical (unpaired) electrons. The maximum Gasteiger partial charge on any atom is 0.486 e. The monoisotopic (exact) mass is 252 g/mol. The Morgan fingerprint density at radius 2 is 2.15 bits per heavy atom. The van der Waals surface area contributed by atoms with Gasteiger partial charge in [0, 0.05) is 0 Å². The normalized spacial score (nSPS) is 39.5. The van der Waals surface area contributed by atoms with Crippen molar-refractivity contribution in [3.8, 4) is 0 Å². The topological polar surface area (TPSA) is 123 Å². The highest BCUT2D eigenvalue weighted by atomic mass is 31.3. The van der Waals surface area contributed by atoms with E-state index in [0.29, 0.717) is 0 Å². The molecule has 0 spiro atoms. The molecule has 0 aromatic rings. The summed E-state index contributed by atoms with van der Waals surface area (Å²) in [6.45, 7) is 1.36. The lowest BCUT2D eigenvalue weighted by atomic mass is 10.9. The van der Waals surface area contributed by atoms with E-state index in [4.69, 9.17) is 9.79 Å². The number of rotatable bonds is 4. The fourth-order valence-corrected chi connectivity index (χ4v) is 4.19. The van der Waals surface area contributed by atoms with Gasteiger partial charge in [-0.05, 0) is 6.92 Å². The summed E-state index contributed by atoms with van der Waals surface area (Å²) in [5.41, 5.74) is 0. The maximum atomic E-state index is 11.0. The van der Waals surface area contributed by atoms with Gasteiger partial charge in [-0.1, -0.05) is 0 Å². The number of hydrogen-bond acceptors (Lipinski definition) is 6. The van der Waals surface area contributed by atoms with Crippen molar-refractivity contribution in [1.82, 2.24) is 0 Å². The summed E-state index contributed by atoms with van der Waals surface area (Å²) in [5, 5.41) is 0.